The number of aromatic nitrogens is 2. The summed E-state index contributed by atoms with van der Waals surface area (Å²) in [6.45, 7) is 0. The molecular formula is C9H6BrFN2O2. The monoisotopic (exact) mass is 272 g/mol. The molecule has 0 aliphatic heterocycles. The van der Waals surface area contributed by atoms with Gasteiger partial charge in [0.15, 0.2) is 0 Å². The first-order valence-electron chi connectivity index (χ1n) is 4.12. The lowest BCUT2D eigenvalue weighted by atomic mass is 10.1. The molecule has 0 bridgehead atoms. The summed E-state index contributed by atoms with van der Waals surface area (Å²) in [5, 5.41) is 8.66. The second-order valence-electron chi connectivity index (χ2n) is 3.03. The Hall–Kier alpha value is -1.43. The minimum Gasteiger partial charge on any atom is -0.481 e. The summed E-state index contributed by atoms with van der Waals surface area (Å²) >= 11 is 3.23. The number of H-pyrrole nitrogens is 1. The standard InChI is InChI=1S/C9H6BrFN2O2/c10-5-2-1-4(3-6(14)15)7-8(5)13-9(11)12-7/h1-2H,3H2,(H,12,13)(H,14,15). The number of nitrogens with one attached hydrogen (secondary N) is 1. The molecule has 0 aliphatic carbocycles. The first kappa shape index (κ1) is 10.1. The third kappa shape index (κ3) is 1.85. The predicted molar refractivity (Wildman–Crippen MR) is 55.1 cm³/mol. The molecule has 1 aromatic heterocycles. The summed E-state index contributed by atoms with van der Waals surface area (Å²) < 4.78 is 13.5. The van der Waals surface area contributed by atoms with Crippen LogP contribution in [0.1, 0.15) is 5.56 Å². The fourth-order valence-corrected chi connectivity index (χ4v) is 1.81. The topological polar surface area (TPSA) is 66.0 Å². The first-order chi connectivity index (χ1) is 7.08. The van der Waals surface area contributed by atoms with Gasteiger partial charge in [-0.1, -0.05) is 6.07 Å². The fourth-order valence-electron chi connectivity index (χ4n) is 1.39. The summed E-state index contributed by atoms with van der Waals surface area (Å²) in [5.41, 5.74) is 1.32. The van der Waals surface area contributed by atoms with Crippen LogP contribution in [0.15, 0.2) is 16.6 Å². The van der Waals surface area contributed by atoms with Crippen LogP contribution < -0.4 is 0 Å². The lowest BCUT2D eigenvalue weighted by Crippen LogP contribution is -2.00. The molecule has 1 aromatic carbocycles. The van der Waals surface area contributed by atoms with Gasteiger partial charge in [0.05, 0.1) is 17.5 Å². The van der Waals surface area contributed by atoms with Crippen molar-refractivity contribution < 1.29 is 14.3 Å². The second kappa shape index (κ2) is 3.62. The predicted octanol–water partition coefficient (Wildman–Crippen LogP) is 2.09. The van der Waals surface area contributed by atoms with Gasteiger partial charge in [0.25, 0.3) is 6.08 Å². The number of fused-ring (bicyclic) bond motifs is 1. The van der Waals surface area contributed by atoms with E-state index in [2.05, 4.69) is 25.9 Å². The Kier molecular flexibility index (Phi) is 2.44. The molecule has 6 heteroatoms. The van der Waals surface area contributed by atoms with Gasteiger partial charge >= 0.3 is 5.97 Å². The zero-order chi connectivity index (χ0) is 11.0. The maximum atomic E-state index is 12.9. The van der Waals surface area contributed by atoms with Gasteiger partial charge in [-0.2, -0.15) is 4.39 Å². The van der Waals surface area contributed by atoms with Crippen LogP contribution in [0.2, 0.25) is 0 Å². The Morgan fingerprint density at radius 2 is 2.33 bits per heavy atom. The smallest absolute Gasteiger partial charge is 0.307 e. The average Bonchev–Trinajstić information content (AvgIpc) is 2.52. The van der Waals surface area contributed by atoms with Crippen LogP contribution in [0.4, 0.5) is 4.39 Å². The van der Waals surface area contributed by atoms with E-state index < -0.39 is 12.0 Å². The minimum absolute atomic E-state index is 0.173. The summed E-state index contributed by atoms with van der Waals surface area (Å²) in [7, 11) is 0. The molecule has 78 valence electrons. The van der Waals surface area contributed by atoms with Crippen molar-refractivity contribution in [2.45, 2.75) is 6.42 Å². The molecular weight excluding hydrogens is 267 g/mol. The van der Waals surface area contributed by atoms with E-state index in [4.69, 9.17) is 5.11 Å². The van der Waals surface area contributed by atoms with Crippen LogP contribution in [-0.2, 0) is 11.2 Å². The Bertz CT molecular complexity index is 538. The molecule has 0 fully saturated rings. The van der Waals surface area contributed by atoms with Crippen molar-refractivity contribution in [1.82, 2.24) is 9.97 Å². The van der Waals surface area contributed by atoms with Crippen molar-refractivity contribution in [2.75, 3.05) is 0 Å². The van der Waals surface area contributed by atoms with Gasteiger partial charge in [0.1, 0.15) is 0 Å². The molecule has 4 nitrogen and oxygen atoms in total. The van der Waals surface area contributed by atoms with E-state index in [1.807, 2.05) is 0 Å². The van der Waals surface area contributed by atoms with Crippen LogP contribution in [0.25, 0.3) is 11.0 Å². The number of hydrogen-bond acceptors (Lipinski definition) is 2. The molecule has 0 saturated heterocycles. The van der Waals surface area contributed by atoms with Crippen molar-refractivity contribution >= 4 is 32.9 Å². The third-order valence-electron chi connectivity index (χ3n) is 1.99. The van der Waals surface area contributed by atoms with Crippen molar-refractivity contribution in [1.29, 1.82) is 0 Å². The first-order valence-corrected chi connectivity index (χ1v) is 4.91. The molecule has 0 unspecified atom stereocenters. The molecule has 15 heavy (non-hydrogen) atoms. The largest absolute Gasteiger partial charge is 0.481 e. The second-order valence-corrected chi connectivity index (χ2v) is 3.88. The number of nitrogens with zero attached hydrogens (tertiary/aromatic N) is 1. The lowest BCUT2D eigenvalue weighted by molar-refractivity contribution is -0.136. The number of aromatic amines is 1. The third-order valence-corrected chi connectivity index (χ3v) is 2.65. The molecule has 0 radical (unpaired) electrons. The van der Waals surface area contributed by atoms with Crippen molar-refractivity contribution in [3.05, 3.63) is 28.2 Å². The zero-order valence-corrected chi connectivity index (χ0v) is 9.01. The molecule has 0 saturated carbocycles. The Morgan fingerprint density at radius 3 is 3.00 bits per heavy atom. The molecule has 2 rings (SSSR count). The maximum absolute atomic E-state index is 12.9. The number of benzene rings is 1. The summed E-state index contributed by atoms with van der Waals surface area (Å²) in [6, 6.07) is 3.28. The molecule has 2 N–H and O–H groups in total. The van der Waals surface area contributed by atoms with Crippen LogP contribution in [0.3, 0.4) is 0 Å². The highest BCUT2D eigenvalue weighted by atomic mass is 79.9. The van der Waals surface area contributed by atoms with Crippen LogP contribution in [-0.4, -0.2) is 21.0 Å². The van der Waals surface area contributed by atoms with Gasteiger partial charge in [0, 0.05) is 4.47 Å². The Balaban J connectivity index is 2.65. The molecule has 0 atom stereocenters. The summed E-state index contributed by atoms with van der Waals surface area (Å²) in [6.07, 6.45) is -0.891. The average molecular weight is 273 g/mol. The Morgan fingerprint density at radius 1 is 1.60 bits per heavy atom. The van der Waals surface area contributed by atoms with Crippen molar-refractivity contribution in [3.8, 4) is 0 Å². The van der Waals surface area contributed by atoms with Gasteiger partial charge in [0.2, 0.25) is 0 Å². The normalized spacial score (nSPS) is 10.8. The highest BCUT2D eigenvalue weighted by Gasteiger charge is 2.12. The maximum Gasteiger partial charge on any atom is 0.307 e. The number of hydrogen-bond donors (Lipinski definition) is 2. The number of rotatable bonds is 2. The number of carboxylic acids is 1. The number of carboxylic acid groups (broad SMARTS) is 1. The van der Waals surface area contributed by atoms with Gasteiger partial charge in [-0.3, -0.25) is 4.79 Å². The van der Waals surface area contributed by atoms with E-state index in [0.29, 0.717) is 21.1 Å². The van der Waals surface area contributed by atoms with E-state index in [9.17, 15) is 9.18 Å². The number of imidazole rings is 1. The fraction of sp³-hybridized carbons (Fsp3) is 0.111. The SMILES string of the molecule is O=C(O)Cc1ccc(Br)c2[nH]c(F)nc12. The number of halogens is 2. The molecule has 1 heterocycles. The number of carbonyl (C=O) groups is 1. The summed E-state index contributed by atoms with van der Waals surface area (Å²) in [5.74, 6) is -0.970. The van der Waals surface area contributed by atoms with Gasteiger partial charge in [-0.25, -0.2) is 4.98 Å². The van der Waals surface area contributed by atoms with Crippen molar-refractivity contribution in [3.63, 3.8) is 0 Å². The molecule has 0 spiro atoms. The van der Waals surface area contributed by atoms with Crippen molar-refractivity contribution in [2.24, 2.45) is 0 Å². The van der Waals surface area contributed by atoms with Gasteiger partial charge < -0.3 is 10.1 Å². The van der Waals surface area contributed by atoms with E-state index in [1.165, 1.54) is 0 Å². The van der Waals surface area contributed by atoms with E-state index in [1.54, 1.807) is 12.1 Å². The van der Waals surface area contributed by atoms with Gasteiger partial charge in [-0.05, 0) is 27.6 Å². The van der Waals surface area contributed by atoms with E-state index in [0.717, 1.165) is 0 Å². The number of aliphatic carboxylic acids is 1. The minimum atomic E-state index is -0.970. The summed E-state index contributed by atoms with van der Waals surface area (Å²) in [4.78, 5) is 16.6. The Labute approximate surface area is 92.3 Å². The zero-order valence-electron chi connectivity index (χ0n) is 7.42. The van der Waals surface area contributed by atoms with Gasteiger partial charge in [-0.15, -0.1) is 0 Å². The van der Waals surface area contributed by atoms with Crippen LogP contribution in [0, 0.1) is 6.08 Å². The van der Waals surface area contributed by atoms with E-state index in [-0.39, 0.29) is 6.42 Å². The lowest BCUT2D eigenvalue weighted by Gasteiger charge is -1.99. The molecule has 0 amide bonds. The molecule has 2 aromatic rings. The van der Waals surface area contributed by atoms with Crippen LogP contribution in [0.5, 0.6) is 0 Å². The highest BCUT2D eigenvalue weighted by molar-refractivity contribution is 9.10. The molecule has 0 aliphatic rings. The van der Waals surface area contributed by atoms with Crippen LogP contribution >= 0.6 is 15.9 Å². The van der Waals surface area contributed by atoms with E-state index >= 15 is 0 Å². The highest BCUT2D eigenvalue weighted by Crippen LogP contribution is 2.25. The quantitative estimate of drug-likeness (QED) is 0.880.